The van der Waals surface area contributed by atoms with Crippen molar-refractivity contribution in [1.82, 2.24) is 9.88 Å². The lowest BCUT2D eigenvalue weighted by Gasteiger charge is -2.36. The Labute approximate surface area is 116 Å². The van der Waals surface area contributed by atoms with E-state index in [9.17, 15) is 0 Å². The molecule has 2 fully saturated rings. The number of nitrogens with zero attached hydrogens (tertiary/aromatic N) is 2. The molecule has 1 aromatic rings. The molecule has 0 N–H and O–H groups in total. The average Bonchev–Trinajstić information content (AvgIpc) is 2.54. The molecule has 0 aliphatic carbocycles. The molecule has 2 saturated heterocycles. The summed E-state index contributed by atoms with van der Waals surface area (Å²) in [6.07, 6.45) is 9.38. The second-order valence-electron chi connectivity index (χ2n) is 5.01. The molecule has 96 valence electrons. The van der Waals surface area contributed by atoms with Crippen LogP contribution in [0.3, 0.4) is 0 Å². The average molecular weight is 275 g/mol. The maximum Gasteiger partial charge on any atom is 0.0302 e. The van der Waals surface area contributed by atoms with E-state index in [2.05, 4.69) is 35.3 Å². The van der Waals surface area contributed by atoms with Gasteiger partial charge in [-0.2, -0.15) is 0 Å². The van der Waals surface area contributed by atoms with Crippen LogP contribution in [-0.4, -0.2) is 29.0 Å². The van der Waals surface area contributed by atoms with Crippen molar-refractivity contribution < 1.29 is 0 Å². The molecule has 0 saturated carbocycles. The monoisotopic (exact) mass is 274 g/mol. The highest BCUT2D eigenvalue weighted by Gasteiger charge is 2.38. The van der Waals surface area contributed by atoms with E-state index in [1.165, 1.54) is 31.2 Å². The van der Waals surface area contributed by atoms with E-state index in [-0.39, 0.29) is 24.8 Å². The molecule has 2 unspecified atom stereocenters. The maximum atomic E-state index is 4.24. The Hall–Kier alpha value is -0.310. The van der Waals surface area contributed by atoms with Crippen molar-refractivity contribution in [2.75, 3.05) is 7.05 Å². The van der Waals surface area contributed by atoms with Crippen molar-refractivity contribution in [3.8, 4) is 0 Å². The van der Waals surface area contributed by atoms with Crippen LogP contribution < -0.4 is 0 Å². The highest BCUT2D eigenvalue weighted by atomic mass is 35.5. The Morgan fingerprint density at radius 1 is 1.18 bits per heavy atom. The largest absolute Gasteiger partial charge is 0.300 e. The van der Waals surface area contributed by atoms with E-state index in [1.807, 2.05) is 6.20 Å². The predicted octanol–water partition coefficient (Wildman–Crippen LogP) is 3.27. The van der Waals surface area contributed by atoms with E-state index in [1.54, 1.807) is 0 Å². The van der Waals surface area contributed by atoms with Crippen LogP contribution >= 0.6 is 24.8 Å². The number of pyridine rings is 1. The van der Waals surface area contributed by atoms with Crippen LogP contribution in [0.1, 0.15) is 37.2 Å². The van der Waals surface area contributed by atoms with Crippen molar-refractivity contribution in [1.29, 1.82) is 0 Å². The first-order valence-corrected chi connectivity index (χ1v) is 5.96. The van der Waals surface area contributed by atoms with Crippen molar-refractivity contribution in [2.45, 2.75) is 43.7 Å². The summed E-state index contributed by atoms with van der Waals surface area (Å²) in [7, 11) is 2.29. The zero-order chi connectivity index (χ0) is 10.3. The number of fused-ring (bicyclic) bond motifs is 2. The minimum atomic E-state index is 0. The van der Waals surface area contributed by atoms with Crippen molar-refractivity contribution in [3.05, 3.63) is 30.1 Å². The molecule has 17 heavy (non-hydrogen) atoms. The lowest BCUT2D eigenvalue weighted by atomic mass is 9.86. The van der Waals surface area contributed by atoms with E-state index >= 15 is 0 Å². The zero-order valence-corrected chi connectivity index (χ0v) is 11.7. The Balaban J connectivity index is 0.000000722. The molecule has 2 atom stereocenters. The molecule has 2 aliphatic rings. The second-order valence-corrected chi connectivity index (χ2v) is 5.01. The summed E-state index contributed by atoms with van der Waals surface area (Å²) < 4.78 is 0. The minimum absolute atomic E-state index is 0. The van der Waals surface area contributed by atoms with E-state index in [4.69, 9.17) is 0 Å². The Bertz CT molecular complexity index is 331. The summed E-state index contributed by atoms with van der Waals surface area (Å²) in [5.41, 5.74) is 1.45. The number of rotatable bonds is 1. The number of aromatic nitrogens is 1. The molecule has 3 rings (SSSR count). The molecule has 2 nitrogen and oxygen atoms in total. The van der Waals surface area contributed by atoms with E-state index in [0.717, 1.165) is 18.0 Å². The smallest absolute Gasteiger partial charge is 0.0302 e. The Morgan fingerprint density at radius 3 is 2.35 bits per heavy atom. The normalized spacial score (nSPS) is 31.5. The summed E-state index contributed by atoms with van der Waals surface area (Å²) >= 11 is 0. The third-order valence-electron chi connectivity index (χ3n) is 4.25. The summed E-state index contributed by atoms with van der Waals surface area (Å²) in [4.78, 5) is 6.83. The number of halogens is 2. The zero-order valence-electron chi connectivity index (χ0n) is 10.1. The maximum absolute atomic E-state index is 4.24. The van der Waals surface area contributed by atoms with Crippen molar-refractivity contribution in [2.24, 2.45) is 0 Å². The molecular weight excluding hydrogens is 255 g/mol. The SMILES string of the molecule is CN1C2CCC1CC(c1cccnc1)C2.Cl.Cl. The topological polar surface area (TPSA) is 16.1 Å². The Kier molecular flexibility index (Phi) is 5.23. The fourth-order valence-electron chi connectivity index (χ4n) is 3.30. The van der Waals surface area contributed by atoms with Gasteiger partial charge in [0.2, 0.25) is 0 Å². The summed E-state index contributed by atoms with van der Waals surface area (Å²) in [5.74, 6) is 0.757. The molecule has 4 heteroatoms. The van der Waals surface area contributed by atoms with Gasteiger partial charge in [-0.15, -0.1) is 24.8 Å². The van der Waals surface area contributed by atoms with Gasteiger partial charge in [0.15, 0.2) is 0 Å². The highest BCUT2D eigenvalue weighted by Crippen LogP contribution is 2.41. The third-order valence-corrected chi connectivity index (χ3v) is 4.25. The second kappa shape index (κ2) is 6.03. The van der Waals surface area contributed by atoms with Crippen molar-refractivity contribution >= 4 is 24.8 Å². The van der Waals surface area contributed by atoms with Crippen LogP contribution in [0.5, 0.6) is 0 Å². The van der Waals surface area contributed by atoms with Crippen LogP contribution in [0.25, 0.3) is 0 Å². The van der Waals surface area contributed by atoms with Gasteiger partial charge in [0, 0.05) is 24.5 Å². The van der Waals surface area contributed by atoms with Crippen LogP contribution in [0, 0.1) is 0 Å². The van der Waals surface area contributed by atoms with Crippen molar-refractivity contribution in [3.63, 3.8) is 0 Å². The molecule has 1 aromatic heterocycles. The summed E-state index contributed by atoms with van der Waals surface area (Å²) in [5, 5.41) is 0. The van der Waals surface area contributed by atoms with Gasteiger partial charge in [-0.05, 0) is 50.3 Å². The third kappa shape index (κ3) is 2.75. The molecule has 0 aromatic carbocycles. The van der Waals surface area contributed by atoms with Crippen LogP contribution in [0.15, 0.2) is 24.5 Å². The van der Waals surface area contributed by atoms with Gasteiger partial charge in [-0.3, -0.25) is 4.98 Å². The molecule has 0 radical (unpaired) electrons. The van der Waals surface area contributed by atoms with Gasteiger partial charge in [-0.1, -0.05) is 6.07 Å². The van der Waals surface area contributed by atoms with E-state index in [0.29, 0.717) is 0 Å². The van der Waals surface area contributed by atoms with Gasteiger partial charge >= 0.3 is 0 Å². The Morgan fingerprint density at radius 2 is 1.82 bits per heavy atom. The molecule has 0 spiro atoms. The van der Waals surface area contributed by atoms with Crippen LogP contribution in [-0.2, 0) is 0 Å². The van der Waals surface area contributed by atoms with Gasteiger partial charge in [-0.25, -0.2) is 0 Å². The van der Waals surface area contributed by atoms with Crippen LogP contribution in [0.4, 0.5) is 0 Å². The first-order valence-electron chi connectivity index (χ1n) is 5.96. The quantitative estimate of drug-likeness (QED) is 0.782. The lowest BCUT2D eigenvalue weighted by molar-refractivity contribution is 0.161. The molecule has 2 bridgehead atoms. The lowest BCUT2D eigenvalue weighted by Crippen LogP contribution is -2.39. The summed E-state index contributed by atoms with van der Waals surface area (Å²) in [6.45, 7) is 0. The first kappa shape index (κ1) is 14.7. The predicted molar refractivity (Wildman–Crippen MR) is 75.3 cm³/mol. The molecule has 2 aliphatic heterocycles. The fourth-order valence-corrected chi connectivity index (χ4v) is 3.30. The number of hydrogen-bond donors (Lipinski definition) is 0. The highest BCUT2D eigenvalue weighted by molar-refractivity contribution is 5.85. The molecule has 0 amide bonds. The molecular formula is C13H20Cl2N2. The number of piperidine rings is 1. The number of hydrogen-bond acceptors (Lipinski definition) is 2. The van der Waals surface area contributed by atoms with Crippen LogP contribution in [0.2, 0.25) is 0 Å². The molecule has 3 heterocycles. The minimum Gasteiger partial charge on any atom is -0.300 e. The van der Waals surface area contributed by atoms with Gasteiger partial charge in [0.25, 0.3) is 0 Å². The fraction of sp³-hybridized carbons (Fsp3) is 0.615. The summed E-state index contributed by atoms with van der Waals surface area (Å²) in [6, 6.07) is 5.96. The van der Waals surface area contributed by atoms with Gasteiger partial charge in [0.05, 0.1) is 0 Å². The van der Waals surface area contributed by atoms with E-state index < -0.39 is 0 Å². The standard InChI is InChI=1S/C13H18N2.2ClH/c1-15-12-4-5-13(15)8-11(7-12)10-3-2-6-14-9-10;;/h2-3,6,9,11-13H,4-5,7-8H2,1H3;2*1H. The first-order chi connectivity index (χ1) is 7.34. The van der Waals surface area contributed by atoms with Gasteiger partial charge < -0.3 is 4.90 Å². The van der Waals surface area contributed by atoms with Gasteiger partial charge in [0.1, 0.15) is 0 Å².